The second-order valence-electron chi connectivity index (χ2n) is 4.68. The highest BCUT2D eigenvalue weighted by atomic mass is 16.5. The SMILES string of the molecule is CC(=O)c1c[nH]c(C(=O)OCC(=O)NC(=O)c2ccccc2)c1. The third kappa shape index (κ3) is 4.37. The second kappa shape index (κ2) is 7.17. The fourth-order valence-corrected chi connectivity index (χ4v) is 1.75. The molecule has 2 N–H and O–H groups in total. The first-order valence-corrected chi connectivity index (χ1v) is 6.73. The van der Waals surface area contributed by atoms with Gasteiger partial charge in [0.2, 0.25) is 0 Å². The van der Waals surface area contributed by atoms with Gasteiger partial charge in [0.05, 0.1) is 0 Å². The molecular formula is C16H14N2O5. The topological polar surface area (TPSA) is 105 Å². The van der Waals surface area contributed by atoms with Crippen LogP contribution in [0.25, 0.3) is 0 Å². The molecule has 0 saturated carbocycles. The number of Topliss-reactive ketones (excluding diaryl/α,β-unsaturated/α-hetero) is 1. The molecular weight excluding hydrogens is 300 g/mol. The van der Waals surface area contributed by atoms with Gasteiger partial charge in [-0.2, -0.15) is 0 Å². The van der Waals surface area contributed by atoms with E-state index in [2.05, 4.69) is 10.3 Å². The van der Waals surface area contributed by atoms with Gasteiger partial charge in [-0.25, -0.2) is 4.79 Å². The number of amides is 2. The van der Waals surface area contributed by atoms with Crippen molar-refractivity contribution in [2.45, 2.75) is 6.92 Å². The highest BCUT2D eigenvalue weighted by Gasteiger charge is 2.15. The Morgan fingerprint density at radius 3 is 2.39 bits per heavy atom. The Kier molecular flexibility index (Phi) is 5.03. The number of nitrogens with one attached hydrogen (secondary N) is 2. The number of esters is 1. The van der Waals surface area contributed by atoms with E-state index in [0.29, 0.717) is 11.1 Å². The summed E-state index contributed by atoms with van der Waals surface area (Å²) < 4.78 is 4.77. The highest BCUT2D eigenvalue weighted by molar-refractivity contribution is 6.05. The van der Waals surface area contributed by atoms with Crippen LogP contribution in [0.5, 0.6) is 0 Å². The number of hydrogen-bond donors (Lipinski definition) is 2. The van der Waals surface area contributed by atoms with E-state index in [-0.39, 0.29) is 11.5 Å². The van der Waals surface area contributed by atoms with Crippen LogP contribution in [-0.2, 0) is 9.53 Å². The van der Waals surface area contributed by atoms with Gasteiger partial charge in [0.15, 0.2) is 12.4 Å². The molecule has 23 heavy (non-hydrogen) atoms. The number of benzene rings is 1. The quantitative estimate of drug-likeness (QED) is 0.640. The molecule has 0 saturated heterocycles. The van der Waals surface area contributed by atoms with Crippen molar-refractivity contribution in [1.82, 2.24) is 10.3 Å². The van der Waals surface area contributed by atoms with Crippen LogP contribution in [-0.4, -0.2) is 35.2 Å². The summed E-state index contributed by atoms with van der Waals surface area (Å²) in [5.74, 6) is -2.32. The monoisotopic (exact) mass is 314 g/mol. The molecule has 0 bridgehead atoms. The summed E-state index contributed by atoms with van der Waals surface area (Å²) in [6.07, 6.45) is 1.37. The highest BCUT2D eigenvalue weighted by Crippen LogP contribution is 2.05. The maximum atomic E-state index is 11.7. The number of imide groups is 1. The van der Waals surface area contributed by atoms with Gasteiger partial charge in [-0.05, 0) is 25.1 Å². The predicted molar refractivity (Wildman–Crippen MR) is 80.0 cm³/mol. The molecule has 1 heterocycles. The van der Waals surface area contributed by atoms with Gasteiger partial charge in [-0.15, -0.1) is 0 Å². The van der Waals surface area contributed by atoms with Gasteiger partial charge >= 0.3 is 5.97 Å². The van der Waals surface area contributed by atoms with Crippen LogP contribution >= 0.6 is 0 Å². The van der Waals surface area contributed by atoms with Gasteiger partial charge in [0.25, 0.3) is 11.8 Å². The normalized spacial score (nSPS) is 9.96. The molecule has 0 atom stereocenters. The third-order valence-electron chi connectivity index (χ3n) is 2.93. The maximum Gasteiger partial charge on any atom is 0.355 e. The van der Waals surface area contributed by atoms with Gasteiger partial charge in [-0.3, -0.25) is 19.7 Å². The Hall–Kier alpha value is -3.22. The van der Waals surface area contributed by atoms with E-state index in [4.69, 9.17) is 4.74 Å². The van der Waals surface area contributed by atoms with E-state index in [1.807, 2.05) is 0 Å². The van der Waals surface area contributed by atoms with Gasteiger partial charge in [0, 0.05) is 17.3 Å². The summed E-state index contributed by atoms with van der Waals surface area (Å²) in [6, 6.07) is 9.51. The molecule has 0 spiro atoms. The van der Waals surface area contributed by atoms with Crippen LogP contribution in [0, 0.1) is 0 Å². The number of carbonyl (C=O) groups excluding carboxylic acids is 4. The van der Waals surface area contributed by atoms with Crippen LogP contribution in [0.4, 0.5) is 0 Å². The number of rotatable bonds is 5. The van der Waals surface area contributed by atoms with E-state index in [0.717, 1.165) is 0 Å². The standard InChI is InChI=1S/C16H14N2O5/c1-10(19)12-7-13(17-8-12)16(22)23-9-14(20)18-15(21)11-5-3-2-4-6-11/h2-8,17H,9H2,1H3,(H,18,20,21). The van der Waals surface area contributed by atoms with E-state index in [1.54, 1.807) is 30.3 Å². The number of aromatic nitrogens is 1. The number of ether oxygens (including phenoxy) is 1. The average molecular weight is 314 g/mol. The van der Waals surface area contributed by atoms with Crippen LogP contribution < -0.4 is 5.32 Å². The molecule has 1 aromatic carbocycles. The molecule has 0 radical (unpaired) electrons. The van der Waals surface area contributed by atoms with Crippen LogP contribution in [0.1, 0.15) is 38.1 Å². The lowest BCUT2D eigenvalue weighted by atomic mass is 10.2. The van der Waals surface area contributed by atoms with Crippen molar-refractivity contribution in [3.05, 3.63) is 59.4 Å². The molecule has 2 amide bonds. The zero-order chi connectivity index (χ0) is 16.8. The molecule has 7 heteroatoms. The minimum atomic E-state index is -0.792. The lowest BCUT2D eigenvalue weighted by molar-refractivity contribution is -0.123. The van der Waals surface area contributed by atoms with Gasteiger partial charge < -0.3 is 9.72 Å². The summed E-state index contributed by atoms with van der Waals surface area (Å²) >= 11 is 0. The van der Waals surface area contributed by atoms with E-state index in [1.165, 1.54) is 19.2 Å². The number of ketones is 1. The van der Waals surface area contributed by atoms with Crippen molar-refractivity contribution in [3.8, 4) is 0 Å². The van der Waals surface area contributed by atoms with Crippen molar-refractivity contribution in [2.24, 2.45) is 0 Å². The molecule has 2 rings (SSSR count). The summed E-state index contributed by atoms with van der Waals surface area (Å²) in [5, 5.41) is 2.11. The number of aromatic amines is 1. The van der Waals surface area contributed by atoms with Crippen molar-refractivity contribution in [3.63, 3.8) is 0 Å². The Morgan fingerprint density at radius 2 is 1.78 bits per heavy atom. The van der Waals surface area contributed by atoms with Crippen LogP contribution in [0.15, 0.2) is 42.6 Å². The van der Waals surface area contributed by atoms with Crippen molar-refractivity contribution >= 4 is 23.6 Å². The molecule has 0 aliphatic rings. The Bertz CT molecular complexity index is 749. The largest absolute Gasteiger partial charge is 0.451 e. The Morgan fingerprint density at radius 1 is 1.09 bits per heavy atom. The van der Waals surface area contributed by atoms with Crippen LogP contribution in [0.2, 0.25) is 0 Å². The zero-order valence-corrected chi connectivity index (χ0v) is 12.3. The molecule has 0 aliphatic heterocycles. The third-order valence-corrected chi connectivity index (χ3v) is 2.93. The summed E-state index contributed by atoms with van der Waals surface area (Å²) in [7, 11) is 0. The minimum absolute atomic E-state index is 0.0531. The molecule has 0 aliphatic carbocycles. The molecule has 118 valence electrons. The maximum absolute atomic E-state index is 11.7. The molecule has 2 aromatic rings. The predicted octanol–water partition coefficient (Wildman–Crippen LogP) is 1.33. The second-order valence-corrected chi connectivity index (χ2v) is 4.68. The lowest BCUT2D eigenvalue weighted by Gasteiger charge is -2.05. The number of hydrogen-bond acceptors (Lipinski definition) is 5. The molecule has 0 unspecified atom stereocenters. The fraction of sp³-hybridized carbons (Fsp3) is 0.125. The van der Waals surface area contributed by atoms with Crippen molar-refractivity contribution < 1.29 is 23.9 Å². The van der Waals surface area contributed by atoms with Crippen molar-refractivity contribution in [2.75, 3.05) is 6.61 Å². The average Bonchev–Trinajstić information content (AvgIpc) is 3.03. The van der Waals surface area contributed by atoms with Gasteiger partial charge in [-0.1, -0.05) is 18.2 Å². The first-order valence-electron chi connectivity index (χ1n) is 6.73. The first kappa shape index (κ1) is 16.2. The van der Waals surface area contributed by atoms with E-state index < -0.39 is 24.4 Å². The smallest absolute Gasteiger partial charge is 0.355 e. The lowest BCUT2D eigenvalue weighted by Crippen LogP contribution is -2.34. The molecule has 1 aromatic heterocycles. The number of carbonyl (C=O) groups is 4. The molecule has 0 fully saturated rings. The zero-order valence-electron chi connectivity index (χ0n) is 12.3. The van der Waals surface area contributed by atoms with Crippen LogP contribution in [0.3, 0.4) is 0 Å². The first-order chi connectivity index (χ1) is 11.0. The van der Waals surface area contributed by atoms with Crippen molar-refractivity contribution in [1.29, 1.82) is 0 Å². The minimum Gasteiger partial charge on any atom is -0.451 e. The molecule has 7 nitrogen and oxygen atoms in total. The number of H-pyrrole nitrogens is 1. The van der Waals surface area contributed by atoms with Gasteiger partial charge in [0.1, 0.15) is 5.69 Å². The summed E-state index contributed by atoms with van der Waals surface area (Å²) in [4.78, 5) is 48.8. The Balaban J connectivity index is 1.85. The van der Waals surface area contributed by atoms with E-state index >= 15 is 0 Å². The summed E-state index contributed by atoms with van der Waals surface area (Å²) in [5.41, 5.74) is 0.709. The fourth-order valence-electron chi connectivity index (χ4n) is 1.75. The summed E-state index contributed by atoms with van der Waals surface area (Å²) in [6.45, 7) is 0.757. The Labute approximate surface area is 131 Å². The van der Waals surface area contributed by atoms with E-state index in [9.17, 15) is 19.2 Å².